The molecule has 31 heavy (non-hydrogen) atoms. The van der Waals surface area contributed by atoms with Gasteiger partial charge in [0.05, 0.1) is 10.4 Å². The molecule has 0 amide bonds. The van der Waals surface area contributed by atoms with E-state index >= 15 is 0 Å². The minimum absolute atomic E-state index is 0.00671. The van der Waals surface area contributed by atoms with Crippen LogP contribution in [0, 0.1) is 0 Å². The molecule has 3 N–H and O–H groups in total. The zero-order valence-electron chi connectivity index (χ0n) is 16.2. The van der Waals surface area contributed by atoms with Crippen LogP contribution in [-0.2, 0) is 11.3 Å². The van der Waals surface area contributed by atoms with Gasteiger partial charge in [0.15, 0.2) is 12.4 Å². The van der Waals surface area contributed by atoms with Crippen LogP contribution in [0.15, 0.2) is 72.1 Å². The molecule has 2 heterocycles. The van der Waals surface area contributed by atoms with Gasteiger partial charge in [0, 0.05) is 11.3 Å². The second-order valence-electron chi connectivity index (χ2n) is 6.35. The lowest BCUT2D eigenvalue weighted by molar-refractivity contribution is 0.0459. The summed E-state index contributed by atoms with van der Waals surface area (Å²) in [7, 11) is 0. The van der Waals surface area contributed by atoms with Gasteiger partial charge in [0.2, 0.25) is 17.7 Å². The molecule has 0 atom stereocenters. The van der Waals surface area contributed by atoms with E-state index < -0.39 is 5.97 Å². The van der Waals surface area contributed by atoms with Crippen LogP contribution >= 0.6 is 11.3 Å². The fourth-order valence-electron chi connectivity index (χ4n) is 2.82. The Morgan fingerprint density at radius 3 is 2.39 bits per heavy atom. The number of carbonyl (C=O) groups excluding carboxylic acids is 2. The molecule has 8 nitrogen and oxygen atoms in total. The van der Waals surface area contributed by atoms with E-state index in [1.807, 2.05) is 30.3 Å². The zero-order chi connectivity index (χ0) is 21.6. The van der Waals surface area contributed by atoms with Gasteiger partial charge in [0.1, 0.15) is 0 Å². The molecule has 0 spiro atoms. The van der Waals surface area contributed by atoms with Crippen molar-refractivity contribution >= 4 is 40.7 Å². The number of aromatic nitrogens is 3. The van der Waals surface area contributed by atoms with Crippen LogP contribution in [0.4, 0.5) is 17.6 Å². The average molecular weight is 431 g/mol. The summed E-state index contributed by atoms with van der Waals surface area (Å²) in [5.41, 5.74) is 6.98. The molecule has 4 rings (SSSR count). The number of ether oxygens (including phenoxy) is 1. The van der Waals surface area contributed by atoms with E-state index in [2.05, 4.69) is 20.3 Å². The molecule has 0 unspecified atom stereocenters. The first-order valence-corrected chi connectivity index (χ1v) is 10.1. The third-order valence-electron chi connectivity index (χ3n) is 4.20. The van der Waals surface area contributed by atoms with Crippen molar-refractivity contribution in [1.82, 2.24) is 15.0 Å². The standard InChI is InChI=1S/C22H17N5O3S/c23-21-25-18(26-22(27-21)24-14-7-2-1-3-8-14)13-30-20(29)16-10-5-4-9-15(16)19(28)17-11-6-12-31-17/h1-12H,13H2,(H3,23,24,25,26,27). The number of benzene rings is 2. The minimum atomic E-state index is -0.656. The van der Waals surface area contributed by atoms with Gasteiger partial charge in [-0.3, -0.25) is 4.79 Å². The largest absolute Gasteiger partial charge is 0.454 e. The van der Waals surface area contributed by atoms with Gasteiger partial charge >= 0.3 is 5.97 Å². The van der Waals surface area contributed by atoms with Crippen LogP contribution in [0.5, 0.6) is 0 Å². The fraction of sp³-hybridized carbons (Fsp3) is 0.0455. The van der Waals surface area contributed by atoms with E-state index in [-0.39, 0.29) is 41.2 Å². The first kappa shape index (κ1) is 20.2. The number of hydrogen-bond donors (Lipinski definition) is 2. The SMILES string of the molecule is Nc1nc(COC(=O)c2ccccc2C(=O)c2cccs2)nc(Nc2ccccc2)n1. The van der Waals surface area contributed by atoms with Gasteiger partial charge in [-0.2, -0.15) is 15.0 Å². The molecule has 0 aliphatic carbocycles. The normalized spacial score (nSPS) is 10.5. The van der Waals surface area contributed by atoms with E-state index in [9.17, 15) is 9.59 Å². The van der Waals surface area contributed by atoms with Crippen molar-refractivity contribution in [1.29, 1.82) is 0 Å². The molecule has 0 aliphatic rings. The monoisotopic (exact) mass is 431 g/mol. The number of nitrogens with two attached hydrogens (primary N) is 1. The Labute approximate surface area is 181 Å². The fourth-order valence-corrected chi connectivity index (χ4v) is 3.49. The highest BCUT2D eigenvalue weighted by Gasteiger charge is 2.20. The lowest BCUT2D eigenvalue weighted by Crippen LogP contribution is -2.14. The quantitative estimate of drug-likeness (QED) is 0.334. The summed E-state index contributed by atoms with van der Waals surface area (Å²) < 4.78 is 5.36. The van der Waals surface area contributed by atoms with Gasteiger partial charge < -0.3 is 15.8 Å². The van der Waals surface area contributed by atoms with Crippen LogP contribution in [0.25, 0.3) is 0 Å². The molecule has 9 heteroatoms. The van der Waals surface area contributed by atoms with Gasteiger partial charge in [-0.05, 0) is 29.6 Å². The van der Waals surface area contributed by atoms with Crippen molar-refractivity contribution in [2.75, 3.05) is 11.1 Å². The third kappa shape index (κ3) is 4.90. The lowest BCUT2D eigenvalue weighted by atomic mass is 10.0. The maximum atomic E-state index is 12.7. The van der Waals surface area contributed by atoms with Gasteiger partial charge in [0.25, 0.3) is 0 Å². The highest BCUT2D eigenvalue weighted by Crippen LogP contribution is 2.19. The Morgan fingerprint density at radius 1 is 0.903 bits per heavy atom. The highest BCUT2D eigenvalue weighted by molar-refractivity contribution is 7.12. The number of nitrogens with one attached hydrogen (secondary N) is 1. The molecule has 0 saturated carbocycles. The second kappa shape index (κ2) is 9.14. The average Bonchev–Trinajstić information content (AvgIpc) is 3.32. The Bertz CT molecular complexity index is 1210. The minimum Gasteiger partial charge on any atom is -0.454 e. The Morgan fingerprint density at radius 2 is 1.65 bits per heavy atom. The molecule has 0 bridgehead atoms. The number of carbonyl (C=O) groups is 2. The summed E-state index contributed by atoms with van der Waals surface area (Å²) in [6, 6.07) is 19.3. The number of esters is 1. The summed E-state index contributed by atoms with van der Waals surface area (Å²) in [4.78, 5) is 38.2. The Kier molecular flexibility index (Phi) is 5.95. The van der Waals surface area contributed by atoms with E-state index in [4.69, 9.17) is 10.5 Å². The van der Waals surface area contributed by atoms with Crippen molar-refractivity contribution in [3.05, 3.63) is 93.9 Å². The van der Waals surface area contributed by atoms with E-state index in [1.54, 1.807) is 41.8 Å². The molecular formula is C22H17N5O3S. The van der Waals surface area contributed by atoms with Gasteiger partial charge in [-0.1, -0.05) is 42.5 Å². The molecule has 0 aliphatic heterocycles. The smallest absolute Gasteiger partial charge is 0.339 e. The molecule has 4 aromatic rings. The topological polar surface area (TPSA) is 120 Å². The summed E-state index contributed by atoms with van der Waals surface area (Å²) in [5.74, 6) is -0.481. The molecule has 2 aromatic heterocycles. The van der Waals surface area contributed by atoms with Crippen molar-refractivity contribution in [2.24, 2.45) is 0 Å². The number of rotatable bonds is 7. The number of para-hydroxylation sites is 1. The first-order chi connectivity index (χ1) is 15.1. The lowest BCUT2D eigenvalue weighted by Gasteiger charge is -2.09. The Balaban J connectivity index is 1.49. The number of nitrogens with zero attached hydrogens (tertiary/aromatic N) is 3. The maximum absolute atomic E-state index is 12.7. The highest BCUT2D eigenvalue weighted by atomic mass is 32.1. The van der Waals surface area contributed by atoms with Crippen molar-refractivity contribution < 1.29 is 14.3 Å². The van der Waals surface area contributed by atoms with Crippen LogP contribution in [0.1, 0.15) is 31.4 Å². The van der Waals surface area contributed by atoms with E-state index in [1.165, 1.54) is 11.3 Å². The van der Waals surface area contributed by atoms with Crippen LogP contribution in [-0.4, -0.2) is 26.7 Å². The van der Waals surface area contributed by atoms with Crippen molar-refractivity contribution in [2.45, 2.75) is 6.61 Å². The number of ketones is 1. The van der Waals surface area contributed by atoms with Crippen molar-refractivity contribution in [3.8, 4) is 0 Å². The summed E-state index contributed by atoms with van der Waals surface area (Å²) in [5, 5.41) is 4.82. The predicted octanol–water partition coefficient (Wildman–Crippen LogP) is 3.85. The molecule has 0 radical (unpaired) electrons. The molecule has 0 saturated heterocycles. The van der Waals surface area contributed by atoms with Crippen LogP contribution < -0.4 is 11.1 Å². The van der Waals surface area contributed by atoms with Crippen LogP contribution in [0.2, 0.25) is 0 Å². The third-order valence-corrected chi connectivity index (χ3v) is 5.07. The summed E-state index contributed by atoms with van der Waals surface area (Å²) in [6.45, 7) is -0.226. The number of thiophene rings is 1. The van der Waals surface area contributed by atoms with Gasteiger partial charge in [-0.15, -0.1) is 11.3 Å². The predicted molar refractivity (Wildman–Crippen MR) is 117 cm³/mol. The second-order valence-corrected chi connectivity index (χ2v) is 7.30. The first-order valence-electron chi connectivity index (χ1n) is 9.27. The maximum Gasteiger partial charge on any atom is 0.339 e. The molecule has 154 valence electrons. The summed E-state index contributed by atoms with van der Waals surface area (Å²) in [6.07, 6.45) is 0. The number of hydrogen-bond acceptors (Lipinski definition) is 9. The number of anilines is 3. The number of nitrogen functional groups attached to an aromatic ring is 1. The molecular weight excluding hydrogens is 414 g/mol. The van der Waals surface area contributed by atoms with E-state index in [0.717, 1.165) is 5.69 Å². The van der Waals surface area contributed by atoms with E-state index in [0.29, 0.717) is 4.88 Å². The van der Waals surface area contributed by atoms with Crippen LogP contribution in [0.3, 0.4) is 0 Å². The summed E-state index contributed by atoms with van der Waals surface area (Å²) >= 11 is 1.31. The van der Waals surface area contributed by atoms with Crippen molar-refractivity contribution in [3.63, 3.8) is 0 Å². The Hall–Kier alpha value is -4.11. The zero-order valence-corrected chi connectivity index (χ0v) is 17.0. The van der Waals surface area contributed by atoms with Gasteiger partial charge in [-0.25, -0.2) is 4.79 Å². The molecule has 0 fully saturated rings. The molecule has 2 aromatic carbocycles.